The Morgan fingerprint density at radius 2 is 1.61 bits per heavy atom. The minimum atomic E-state index is -0.300. The van der Waals surface area contributed by atoms with Crippen molar-refractivity contribution in [3.63, 3.8) is 0 Å². The molecule has 0 spiro atoms. The highest BCUT2D eigenvalue weighted by atomic mass is 16.1. The van der Waals surface area contributed by atoms with Crippen LogP contribution >= 0.6 is 0 Å². The van der Waals surface area contributed by atoms with Crippen molar-refractivity contribution in [2.24, 2.45) is 0 Å². The average molecular weight is 304 g/mol. The third kappa shape index (κ3) is 3.35. The second-order valence-electron chi connectivity index (χ2n) is 4.89. The molecule has 0 radical (unpaired) electrons. The summed E-state index contributed by atoms with van der Waals surface area (Å²) in [6, 6.07) is 18.9. The number of para-hydroxylation sites is 1. The SMILES string of the molecule is CNc1ncc(-c2ccccc2)nc1C(=O)Nc1ccccc1. The maximum atomic E-state index is 12.5. The molecule has 114 valence electrons. The van der Waals surface area contributed by atoms with Crippen LogP contribution in [0.15, 0.2) is 66.9 Å². The smallest absolute Gasteiger partial charge is 0.278 e. The van der Waals surface area contributed by atoms with Crippen molar-refractivity contribution in [1.29, 1.82) is 0 Å². The van der Waals surface area contributed by atoms with E-state index in [1.165, 1.54) is 0 Å². The molecule has 0 aliphatic carbocycles. The molecule has 3 aromatic rings. The highest BCUT2D eigenvalue weighted by molar-refractivity contribution is 6.06. The van der Waals surface area contributed by atoms with Gasteiger partial charge >= 0.3 is 0 Å². The van der Waals surface area contributed by atoms with Crippen molar-refractivity contribution < 1.29 is 4.79 Å². The summed E-state index contributed by atoms with van der Waals surface area (Å²) in [7, 11) is 1.71. The van der Waals surface area contributed by atoms with Crippen LogP contribution in [0.2, 0.25) is 0 Å². The van der Waals surface area contributed by atoms with Crippen LogP contribution in [0.25, 0.3) is 11.3 Å². The van der Waals surface area contributed by atoms with E-state index in [0.717, 1.165) is 5.56 Å². The van der Waals surface area contributed by atoms with Crippen molar-refractivity contribution in [1.82, 2.24) is 9.97 Å². The van der Waals surface area contributed by atoms with Crippen molar-refractivity contribution >= 4 is 17.4 Å². The molecule has 0 aliphatic rings. The van der Waals surface area contributed by atoms with E-state index < -0.39 is 0 Å². The highest BCUT2D eigenvalue weighted by Crippen LogP contribution is 2.20. The van der Waals surface area contributed by atoms with Gasteiger partial charge in [0.2, 0.25) is 0 Å². The topological polar surface area (TPSA) is 66.9 Å². The number of hydrogen-bond donors (Lipinski definition) is 2. The first kappa shape index (κ1) is 14.7. The second-order valence-corrected chi connectivity index (χ2v) is 4.89. The lowest BCUT2D eigenvalue weighted by Crippen LogP contribution is -2.17. The van der Waals surface area contributed by atoms with Gasteiger partial charge in [0.25, 0.3) is 5.91 Å². The largest absolute Gasteiger partial charge is 0.371 e. The number of rotatable bonds is 4. The summed E-state index contributed by atoms with van der Waals surface area (Å²) in [6.07, 6.45) is 1.65. The molecule has 0 fully saturated rings. The van der Waals surface area contributed by atoms with E-state index in [9.17, 15) is 4.79 Å². The minimum Gasteiger partial charge on any atom is -0.371 e. The van der Waals surface area contributed by atoms with E-state index in [-0.39, 0.29) is 11.6 Å². The summed E-state index contributed by atoms with van der Waals surface area (Å²) in [5, 5.41) is 5.74. The number of nitrogens with one attached hydrogen (secondary N) is 2. The Morgan fingerprint density at radius 3 is 2.26 bits per heavy atom. The molecule has 0 bridgehead atoms. The molecule has 0 aliphatic heterocycles. The Labute approximate surface area is 134 Å². The Bertz CT molecular complexity index is 804. The molecule has 5 nitrogen and oxygen atoms in total. The summed E-state index contributed by atoms with van der Waals surface area (Å²) in [5.74, 6) is 0.143. The van der Waals surface area contributed by atoms with E-state index in [0.29, 0.717) is 17.2 Å². The van der Waals surface area contributed by atoms with E-state index in [4.69, 9.17) is 0 Å². The molecule has 0 saturated carbocycles. The predicted octanol–water partition coefficient (Wildman–Crippen LogP) is 3.44. The molecule has 0 saturated heterocycles. The van der Waals surface area contributed by atoms with Crippen LogP contribution in [0.4, 0.5) is 11.5 Å². The number of aromatic nitrogens is 2. The van der Waals surface area contributed by atoms with Crippen LogP contribution in [0.3, 0.4) is 0 Å². The number of benzene rings is 2. The molecule has 2 aromatic carbocycles. The van der Waals surface area contributed by atoms with Gasteiger partial charge in [-0.2, -0.15) is 0 Å². The standard InChI is InChI=1S/C18H16N4O/c1-19-17-16(18(23)21-14-10-6-3-7-11-14)22-15(12-20-17)13-8-4-2-5-9-13/h2-12H,1H3,(H,19,20)(H,21,23). The van der Waals surface area contributed by atoms with Crippen LogP contribution in [-0.2, 0) is 0 Å². The van der Waals surface area contributed by atoms with Gasteiger partial charge in [-0.25, -0.2) is 9.97 Å². The van der Waals surface area contributed by atoms with Crippen LogP contribution in [-0.4, -0.2) is 22.9 Å². The molecule has 23 heavy (non-hydrogen) atoms. The highest BCUT2D eigenvalue weighted by Gasteiger charge is 2.16. The third-order valence-electron chi connectivity index (χ3n) is 3.33. The van der Waals surface area contributed by atoms with Crippen molar-refractivity contribution in [2.75, 3.05) is 17.7 Å². The number of amides is 1. The van der Waals surface area contributed by atoms with E-state index in [1.54, 1.807) is 13.2 Å². The second kappa shape index (κ2) is 6.70. The molecule has 5 heteroatoms. The first-order valence-corrected chi connectivity index (χ1v) is 7.24. The van der Waals surface area contributed by atoms with Crippen LogP contribution in [0.1, 0.15) is 10.5 Å². The maximum Gasteiger partial charge on any atom is 0.278 e. The van der Waals surface area contributed by atoms with Crippen molar-refractivity contribution in [3.05, 3.63) is 72.6 Å². The van der Waals surface area contributed by atoms with Gasteiger partial charge in [-0.15, -0.1) is 0 Å². The third-order valence-corrected chi connectivity index (χ3v) is 3.33. The zero-order valence-corrected chi connectivity index (χ0v) is 12.7. The average Bonchev–Trinajstić information content (AvgIpc) is 2.62. The minimum absolute atomic E-state index is 0.262. The van der Waals surface area contributed by atoms with Gasteiger partial charge in [-0.3, -0.25) is 4.79 Å². The zero-order chi connectivity index (χ0) is 16.1. The molecule has 0 atom stereocenters. The zero-order valence-electron chi connectivity index (χ0n) is 12.7. The lowest BCUT2D eigenvalue weighted by Gasteiger charge is -2.10. The predicted molar refractivity (Wildman–Crippen MR) is 91.4 cm³/mol. The van der Waals surface area contributed by atoms with Crippen molar-refractivity contribution in [3.8, 4) is 11.3 Å². The molecule has 3 rings (SSSR count). The number of carbonyl (C=O) groups is 1. The van der Waals surface area contributed by atoms with Crippen LogP contribution < -0.4 is 10.6 Å². The number of hydrogen-bond acceptors (Lipinski definition) is 4. The summed E-state index contributed by atoms with van der Waals surface area (Å²) in [4.78, 5) is 21.3. The molecular weight excluding hydrogens is 288 g/mol. The summed E-state index contributed by atoms with van der Waals surface area (Å²) in [5.41, 5.74) is 2.54. The van der Waals surface area contributed by atoms with Gasteiger partial charge in [0.15, 0.2) is 11.5 Å². The van der Waals surface area contributed by atoms with Crippen LogP contribution in [0.5, 0.6) is 0 Å². The van der Waals surface area contributed by atoms with Gasteiger partial charge in [-0.1, -0.05) is 48.5 Å². The number of carbonyl (C=O) groups excluding carboxylic acids is 1. The fourth-order valence-corrected chi connectivity index (χ4v) is 2.19. The Morgan fingerprint density at radius 1 is 0.957 bits per heavy atom. The van der Waals surface area contributed by atoms with Crippen LogP contribution in [0, 0.1) is 0 Å². The van der Waals surface area contributed by atoms with Crippen molar-refractivity contribution in [2.45, 2.75) is 0 Å². The lowest BCUT2D eigenvalue weighted by molar-refractivity contribution is 0.102. The normalized spacial score (nSPS) is 10.1. The monoisotopic (exact) mass is 304 g/mol. The van der Waals surface area contributed by atoms with Gasteiger partial charge < -0.3 is 10.6 Å². The van der Waals surface area contributed by atoms with Gasteiger partial charge in [0.05, 0.1) is 11.9 Å². The van der Waals surface area contributed by atoms with E-state index in [1.807, 2.05) is 60.7 Å². The Hall–Kier alpha value is -3.21. The molecule has 0 unspecified atom stereocenters. The first-order chi connectivity index (χ1) is 11.3. The van der Waals surface area contributed by atoms with E-state index >= 15 is 0 Å². The molecule has 1 heterocycles. The molecule has 2 N–H and O–H groups in total. The maximum absolute atomic E-state index is 12.5. The van der Waals surface area contributed by atoms with Gasteiger partial charge in [-0.05, 0) is 12.1 Å². The summed E-state index contributed by atoms with van der Waals surface area (Å²) >= 11 is 0. The summed E-state index contributed by atoms with van der Waals surface area (Å²) < 4.78 is 0. The van der Waals surface area contributed by atoms with Gasteiger partial charge in [0, 0.05) is 18.3 Å². The lowest BCUT2D eigenvalue weighted by atomic mass is 10.1. The molecular formula is C18H16N4O. The first-order valence-electron chi connectivity index (χ1n) is 7.24. The van der Waals surface area contributed by atoms with E-state index in [2.05, 4.69) is 20.6 Å². The number of nitrogens with zero attached hydrogens (tertiary/aromatic N) is 2. The summed E-state index contributed by atoms with van der Waals surface area (Å²) in [6.45, 7) is 0. The fourth-order valence-electron chi connectivity index (χ4n) is 2.19. The fraction of sp³-hybridized carbons (Fsp3) is 0.0556. The Kier molecular flexibility index (Phi) is 4.29. The van der Waals surface area contributed by atoms with Gasteiger partial charge in [0.1, 0.15) is 0 Å². The quantitative estimate of drug-likeness (QED) is 0.775. The molecule has 1 aromatic heterocycles. The molecule has 1 amide bonds. The Balaban J connectivity index is 1.95. The number of anilines is 2.